The van der Waals surface area contributed by atoms with Gasteiger partial charge in [-0.15, -0.1) is 0 Å². The quantitative estimate of drug-likeness (QED) is 0.750. The molecule has 5 nitrogen and oxygen atoms in total. The van der Waals surface area contributed by atoms with Gasteiger partial charge in [-0.3, -0.25) is 4.79 Å². The highest BCUT2D eigenvalue weighted by atomic mass is 16.4. The Morgan fingerprint density at radius 3 is 2.56 bits per heavy atom. The molecule has 0 heterocycles. The van der Waals surface area contributed by atoms with Crippen LogP contribution >= 0.6 is 0 Å². The summed E-state index contributed by atoms with van der Waals surface area (Å²) < 4.78 is 0. The number of rotatable bonds is 4. The van der Waals surface area contributed by atoms with Crippen LogP contribution in [0.15, 0.2) is 18.2 Å². The number of phenols is 1. The standard InChI is InChI=1S/C13H15NO4/c1-7-6-9(4-5-10(7)15)12(16)14-11(13(17)18)8-2-3-8/h4-6,8,11,15H,2-3H2,1H3,(H,14,16)(H,17,18). The van der Waals surface area contributed by atoms with E-state index in [-0.39, 0.29) is 11.7 Å². The first-order chi connectivity index (χ1) is 8.49. The number of aliphatic carboxylic acids is 1. The third-order valence-electron chi connectivity index (χ3n) is 3.11. The summed E-state index contributed by atoms with van der Waals surface area (Å²) in [6, 6.07) is 3.63. The lowest BCUT2D eigenvalue weighted by molar-refractivity contribution is -0.139. The van der Waals surface area contributed by atoms with Crippen LogP contribution in [0.1, 0.15) is 28.8 Å². The number of carbonyl (C=O) groups is 2. The maximum absolute atomic E-state index is 11.9. The van der Waals surface area contributed by atoms with Gasteiger partial charge >= 0.3 is 5.97 Å². The van der Waals surface area contributed by atoms with Gasteiger partial charge < -0.3 is 15.5 Å². The Labute approximate surface area is 104 Å². The Bertz CT molecular complexity index is 494. The average Bonchev–Trinajstić information content (AvgIpc) is 3.13. The maximum Gasteiger partial charge on any atom is 0.326 e. The fraction of sp³-hybridized carbons (Fsp3) is 0.385. The minimum atomic E-state index is -0.999. The summed E-state index contributed by atoms with van der Waals surface area (Å²) >= 11 is 0. The fourth-order valence-electron chi connectivity index (χ4n) is 1.83. The number of hydrogen-bond acceptors (Lipinski definition) is 3. The summed E-state index contributed by atoms with van der Waals surface area (Å²) in [5.41, 5.74) is 0.943. The van der Waals surface area contributed by atoms with E-state index in [0.29, 0.717) is 11.1 Å². The van der Waals surface area contributed by atoms with E-state index in [4.69, 9.17) is 5.11 Å². The highest BCUT2D eigenvalue weighted by Crippen LogP contribution is 2.32. The van der Waals surface area contributed by atoms with Gasteiger partial charge in [0.25, 0.3) is 5.91 Å². The third kappa shape index (κ3) is 2.61. The molecule has 2 rings (SSSR count). The van der Waals surface area contributed by atoms with Gasteiger partial charge in [-0.25, -0.2) is 4.79 Å². The molecule has 1 amide bonds. The molecule has 1 fully saturated rings. The van der Waals surface area contributed by atoms with Crippen molar-refractivity contribution in [3.8, 4) is 5.75 Å². The molecule has 1 unspecified atom stereocenters. The molecule has 0 bridgehead atoms. The number of benzene rings is 1. The zero-order valence-corrected chi connectivity index (χ0v) is 10.0. The minimum absolute atomic E-state index is 0.0460. The smallest absolute Gasteiger partial charge is 0.326 e. The number of carboxylic acid groups (broad SMARTS) is 1. The molecule has 5 heteroatoms. The van der Waals surface area contributed by atoms with E-state index in [1.54, 1.807) is 6.92 Å². The van der Waals surface area contributed by atoms with E-state index in [0.717, 1.165) is 12.8 Å². The first-order valence-corrected chi connectivity index (χ1v) is 5.82. The van der Waals surface area contributed by atoms with Gasteiger partial charge in [0.2, 0.25) is 0 Å². The lowest BCUT2D eigenvalue weighted by Crippen LogP contribution is -2.42. The van der Waals surface area contributed by atoms with E-state index >= 15 is 0 Å². The first-order valence-electron chi connectivity index (χ1n) is 5.82. The number of phenolic OH excluding ortho intramolecular Hbond substituents is 1. The van der Waals surface area contributed by atoms with Crippen molar-refractivity contribution in [1.29, 1.82) is 0 Å². The molecule has 3 N–H and O–H groups in total. The summed E-state index contributed by atoms with van der Waals surface area (Å²) in [5, 5.41) is 20.9. The van der Waals surface area contributed by atoms with Crippen molar-refractivity contribution in [1.82, 2.24) is 5.32 Å². The summed E-state index contributed by atoms with van der Waals surface area (Å²) in [7, 11) is 0. The van der Waals surface area contributed by atoms with Crippen LogP contribution in [-0.4, -0.2) is 28.1 Å². The van der Waals surface area contributed by atoms with Crippen LogP contribution in [0.25, 0.3) is 0 Å². The van der Waals surface area contributed by atoms with E-state index in [9.17, 15) is 14.7 Å². The van der Waals surface area contributed by atoms with Crippen LogP contribution in [0.3, 0.4) is 0 Å². The normalized spacial score (nSPS) is 16.1. The largest absolute Gasteiger partial charge is 0.508 e. The Morgan fingerprint density at radius 1 is 1.39 bits per heavy atom. The molecule has 1 aliphatic rings. The van der Waals surface area contributed by atoms with E-state index < -0.39 is 17.9 Å². The monoisotopic (exact) mass is 249 g/mol. The van der Waals surface area contributed by atoms with Crippen molar-refractivity contribution >= 4 is 11.9 Å². The molecule has 1 aromatic carbocycles. The second-order valence-corrected chi connectivity index (χ2v) is 4.63. The van der Waals surface area contributed by atoms with Crippen molar-refractivity contribution in [3.63, 3.8) is 0 Å². The Kier molecular flexibility index (Phi) is 3.23. The van der Waals surface area contributed by atoms with E-state index in [2.05, 4.69) is 5.32 Å². The fourth-order valence-corrected chi connectivity index (χ4v) is 1.83. The zero-order valence-electron chi connectivity index (χ0n) is 10.0. The van der Waals surface area contributed by atoms with Crippen molar-refractivity contribution in [3.05, 3.63) is 29.3 Å². The zero-order chi connectivity index (χ0) is 13.3. The van der Waals surface area contributed by atoms with Crippen LogP contribution < -0.4 is 5.32 Å². The van der Waals surface area contributed by atoms with Crippen molar-refractivity contribution < 1.29 is 19.8 Å². The van der Waals surface area contributed by atoms with Gasteiger partial charge in [-0.05, 0) is 49.4 Å². The van der Waals surface area contributed by atoms with Crippen LogP contribution in [0.5, 0.6) is 5.75 Å². The Balaban J connectivity index is 2.10. The van der Waals surface area contributed by atoms with Crippen molar-refractivity contribution in [2.24, 2.45) is 5.92 Å². The molecule has 18 heavy (non-hydrogen) atoms. The SMILES string of the molecule is Cc1cc(C(=O)NC(C(=O)O)C2CC2)ccc1O. The van der Waals surface area contributed by atoms with Crippen molar-refractivity contribution in [2.75, 3.05) is 0 Å². The number of carboxylic acids is 1. The molecule has 1 saturated carbocycles. The molecule has 0 aliphatic heterocycles. The van der Waals surface area contributed by atoms with Gasteiger partial charge in [0.15, 0.2) is 0 Å². The van der Waals surface area contributed by atoms with Crippen LogP contribution in [0, 0.1) is 12.8 Å². The van der Waals surface area contributed by atoms with Gasteiger partial charge in [-0.2, -0.15) is 0 Å². The minimum Gasteiger partial charge on any atom is -0.508 e. The molecule has 0 spiro atoms. The molecule has 96 valence electrons. The molecular formula is C13H15NO4. The van der Waals surface area contributed by atoms with Crippen LogP contribution in [0.4, 0.5) is 0 Å². The second kappa shape index (κ2) is 4.68. The van der Waals surface area contributed by atoms with Gasteiger partial charge in [0.1, 0.15) is 11.8 Å². The summed E-state index contributed by atoms with van der Waals surface area (Å²) in [5.74, 6) is -1.26. The first kappa shape index (κ1) is 12.4. The van der Waals surface area contributed by atoms with Gasteiger partial charge in [0.05, 0.1) is 0 Å². The van der Waals surface area contributed by atoms with Crippen LogP contribution in [-0.2, 0) is 4.79 Å². The van der Waals surface area contributed by atoms with Crippen LogP contribution in [0.2, 0.25) is 0 Å². The number of amides is 1. The molecule has 1 aliphatic carbocycles. The lowest BCUT2D eigenvalue weighted by Gasteiger charge is -2.13. The molecule has 1 atom stereocenters. The van der Waals surface area contributed by atoms with Crippen molar-refractivity contribution in [2.45, 2.75) is 25.8 Å². The highest BCUT2D eigenvalue weighted by molar-refractivity contribution is 5.97. The summed E-state index contributed by atoms with van der Waals surface area (Å²) in [4.78, 5) is 22.9. The van der Waals surface area contributed by atoms with Gasteiger partial charge in [-0.1, -0.05) is 0 Å². The molecule has 0 radical (unpaired) electrons. The number of aromatic hydroxyl groups is 1. The predicted molar refractivity (Wildman–Crippen MR) is 64.5 cm³/mol. The lowest BCUT2D eigenvalue weighted by atomic mass is 10.1. The molecular weight excluding hydrogens is 234 g/mol. The number of carbonyl (C=O) groups excluding carboxylic acids is 1. The molecule has 0 saturated heterocycles. The predicted octanol–water partition coefficient (Wildman–Crippen LogP) is 1.29. The summed E-state index contributed by atoms with van der Waals surface area (Å²) in [6.07, 6.45) is 1.68. The maximum atomic E-state index is 11.9. The Hall–Kier alpha value is -2.04. The number of aryl methyl sites for hydroxylation is 1. The number of hydrogen-bond donors (Lipinski definition) is 3. The molecule has 0 aromatic heterocycles. The number of nitrogens with one attached hydrogen (secondary N) is 1. The van der Waals surface area contributed by atoms with E-state index in [1.807, 2.05) is 0 Å². The highest BCUT2D eigenvalue weighted by Gasteiger charge is 2.37. The average molecular weight is 249 g/mol. The second-order valence-electron chi connectivity index (χ2n) is 4.63. The van der Waals surface area contributed by atoms with Gasteiger partial charge in [0, 0.05) is 5.56 Å². The third-order valence-corrected chi connectivity index (χ3v) is 3.11. The van der Waals surface area contributed by atoms with E-state index in [1.165, 1.54) is 18.2 Å². The topological polar surface area (TPSA) is 86.6 Å². The summed E-state index contributed by atoms with van der Waals surface area (Å²) in [6.45, 7) is 1.68. The molecule has 1 aromatic rings. The Morgan fingerprint density at radius 2 is 2.06 bits per heavy atom.